The van der Waals surface area contributed by atoms with E-state index in [-0.39, 0.29) is 11.9 Å². The molecule has 0 saturated carbocycles. The number of β-amino-alcohol motifs (C(OH)–C–C–N with tert-alkyl or cyclic N) is 1. The predicted molar refractivity (Wildman–Crippen MR) is 101 cm³/mol. The number of aliphatic hydroxyl groups is 1. The zero-order chi connectivity index (χ0) is 19.6. The van der Waals surface area contributed by atoms with Gasteiger partial charge in [-0.25, -0.2) is 0 Å². The first-order chi connectivity index (χ1) is 12.9. The molecule has 0 spiro atoms. The Balaban J connectivity index is 1.61. The molecule has 2 N–H and O–H groups in total. The normalized spacial score (nSPS) is 20.5. The fourth-order valence-corrected chi connectivity index (χ4v) is 3.49. The molecule has 0 aliphatic carbocycles. The van der Waals surface area contributed by atoms with Gasteiger partial charge in [-0.15, -0.1) is 0 Å². The van der Waals surface area contributed by atoms with E-state index in [1.165, 1.54) is 0 Å². The van der Waals surface area contributed by atoms with Crippen molar-refractivity contribution in [2.75, 3.05) is 20.2 Å². The molecule has 2 heterocycles. The van der Waals surface area contributed by atoms with Crippen LogP contribution in [-0.2, 0) is 6.54 Å². The van der Waals surface area contributed by atoms with Crippen molar-refractivity contribution in [1.29, 1.82) is 0 Å². The van der Waals surface area contributed by atoms with E-state index in [4.69, 9.17) is 9.26 Å². The number of amides is 1. The van der Waals surface area contributed by atoms with Gasteiger partial charge in [0.15, 0.2) is 0 Å². The van der Waals surface area contributed by atoms with E-state index in [2.05, 4.69) is 15.4 Å². The van der Waals surface area contributed by atoms with Crippen molar-refractivity contribution in [3.8, 4) is 5.75 Å². The molecular formula is C20H27N3O4. The molecule has 1 aromatic heterocycles. The number of nitrogens with zero attached hydrogens (tertiary/aromatic N) is 2. The second-order valence-corrected chi connectivity index (χ2v) is 7.18. The molecule has 1 saturated heterocycles. The number of aromatic nitrogens is 1. The lowest BCUT2D eigenvalue weighted by atomic mass is 10.00. The van der Waals surface area contributed by atoms with E-state index in [9.17, 15) is 9.90 Å². The average molecular weight is 373 g/mol. The van der Waals surface area contributed by atoms with Gasteiger partial charge in [-0.2, -0.15) is 0 Å². The number of rotatable bonds is 5. The summed E-state index contributed by atoms with van der Waals surface area (Å²) in [7, 11) is 1.55. The van der Waals surface area contributed by atoms with Gasteiger partial charge in [0.05, 0.1) is 30.5 Å². The fraction of sp³-hybridized carbons (Fsp3) is 0.500. The Labute approximate surface area is 159 Å². The highest BCUT2D eigenvalue weighted by Crippen LogP contribution is 2.22. The van der Waals surface area contributed by atoms with E-state index in [1.54, 1.807) is 13.2 Å². The standard InChI is InChI=1S/C20H27N3O4/c1-12-5-6-15(19(9-12)26-4)20(25)21-17-7-8-23(11-18(17)24)10-16-13(2)22-27-14(16)3/h5-6,9,17-18,24H,7-8,10-11H2,1-4H3,(H,21,25)/t17-,18-/m1/s1. The van der Waals surface area contributed by atoms with Crippen LogP contribution in [0.5, 0.6) is 5.75 Å². The minimum absolute atomic E-state index is 0.227. The number of benzene rings is 1. The Hall–Kier alpha value is -2.38. The van der Waals surface area contributed by atoms with Gasteiger partial charge in [0, 0.05) is 25.2 Å². The van der Waals surface area contributed by atoms with Crippen LogP contribution >= 0.6 is 0 Å². The number of aliphatic hydroxyl groups excluding tert-OH is 1. The molecule has 2 aromatic rings. The lowest BCUT2D eigenvalue weighted by Crippen LogP contribution is -2.53. The highest BCUT2D eigenvalue weighted by molar-refractivity contribution is 5.97. The summed E-state index contributed by atoms with van der Waals surface area (Å²) in [5.74, 6) is 1.12. The predicted octanol–water partition coefficient (Wildman–Crippen LogP) is 1.97. The van der Waals surface area contributed by atoms with Crippen molar-refractivity contribution in [2.45, 2.75) is 45.9 Å². The number of nitrogens with one attached hydrogen (secondary N) is 1. The number of hydrogen-bond donors (Lipinski definition) is 2. The zero-order valence-corrected chi connectivity index (χ0v) is 16.3. The van der Waals surface area contributed by atoms with Crippen molar-refractivity contribution in [3.05, 3.63) is 46.3 Å². The van der Waals surface area contributed by atoms with Crippen molar-refractivity contribution >= 4 is 5.91 Å². The van der Waals surface area contributed by atoms with Gasteiger partial charge in [-0.3, -0.25) is 9.69 Å². The summed E-state index contributed by atoms with van der Waals surface area (Å²) in [5, 5.41) is 17.5. The third-order valence-corrected chi connectivity index (χ3v) is 5.15. The van der Waals surface area contributed by atoms with Crippen LogP contribution in [0.4, 0.5) is 0 Å². The Morgan fingerprint density at radius 3 is 2.81 bits per heavy atom. The van der Waals surface area contributed by atoms with Crippen LogP contribution in [0, 0.1) is 20.8 Å². The quantitative estimate of drug-likeness (QED) is 0.833. The van der Waals surface area contributed by atoms with Crippen molar-refractivity contribution in [1.82, 2.24) is 15.4 Å². The van der Waals surface area contributed by atoms with Crippen LogP contribution in [0.15, 0.2) is 22.7 Å². The number of carbonyl (C=O) groups is 1. The zero-order valence-electron chi connectivity index (χ0n) is 16.3. The molecule has 7 nitrogen and oxygen atoms in total. The van der Waals surface area contributed by atoms with Crippen LogP contribution in [0.25, 0.3) is 0 Å². The number of aryl methyl sites for hydroxylation is 3. The second-order valence-electron chi connectivity index (χ2n) is 7.18. The minimum Gasteiger partial charge on any atom is -0.496 e. The van der Waals surface area contributed by atoms with Crippen LogP contribution in [0.1, 0.15) is 39.4 Å². The molecule has 0 unspecified atom stereocenters. The maximum atomic E-state index is 12.6. The van der Waals surface area contributed by atoms with Crippen LogP contribution < -0.4 is 10.1 Å². The summed E-state index contributed by atoms with van der Waals surface area (Å²) >= 11 is 0. The molecule has 0 radical (unpaired) electrons. The minimum atomic E-state index is -0.639. The first-order valence-corrected chi connectivity index (χ1v) is 9.16. The average Bonchev–Trinajstić information content (AvgIpc) is 2.95. The Kier molecular flexibility index (Phi) is 5.82. The maximum Gasteiger partial charge on any atom is 0.255 e. The summed E-state index contributed by atoms with van der Waals surface area (Å²) in [6.07, 6.45) is 0.0318. The molecule has 3 rings (SSSR count). The third-order valence-electron chi connectivity index (χ3n) is 5.15. The van der Waals surface area contributed by atoms with Gasteiger partial charge in [-0.05, 0) is 44.9 Å². The van der Waals surface area contributed by atoms with Gasteiger partial charge >= 0.3 is 0 Å². The number of hydrogen-bond acceptors (Lipinski definition) is 6. The van der Waals surface area contributed by atoms with Gasteiger partial charge in [0.2, 0.25) is 0 Å². The highest BCUT2D eigenvalue weighted by atomic mass is 16.5. The van der Waals surface area contributed by atoms with Crippen LogP contribution in [0.2, 0.25) is 0 Å². The smallest absolute Gasteiger partial charge is 0.255 e. The monoisotopic (exact) mass is 373 g/mol. The van der Waals surface area contributed by atoms with Gasteiger partial charge < -0.3 is 19.7 Å². The number of carbonyl (C=O) groups excluding carboxylic acids is 1. The molecule has 7 heteroatoms. The summed E-state index contributed by atoms with van der Waals surface area (Å²) < 4.78 is 10.5. The SMILES string of the molecule is COc1cc(C)ccc1C(=O)N[C@@H]1CCN(Cc2c(C)noc2C)C[C@H]1O. The Morgan fingerprint density at radius 2 is 2.19 bits per heavy atom. The van der Waals surface area contributed by atoms with Gasteiger partial charge in [-0.1, -0.05) is 11.2 Å². The molecule has 1 fully saturated rings. The number of ether oxygens (including phenoxy) is 1. The van der Waals surface area contributed by atoms with Crippen molar-refractivity contribution in [2.24, 2.45) is 0 Å². The summed E-state index contributed by atoms with van der Waals surface area (Å²) in [6, 6.07) is 5.17. The van der Waals surface area contributed by atoms with E-state index < -0.39 is 6.10 Å². The van der Waals surface area contributed by atoms with Crippen molar-refractivity contribution in [3.63, 3.8) is 0 Å². The summed E-state index contributed by atoms with van der Waals surface area (Å²) in [4.78, 5) is 14.8. The van der Waals surface area contributed by atoms with Gasteiger partial charge in [0.25, 0.3) is 5.91 Å². The molecule has 2 atom stereocenters. The molecule has 0 bridgehead atoms. The summed E-state index contributed by atoms with van der Waals surface area (Å²) in [5.41, 5.74) is 3.45. The highest BCUT2D eigenvalue weighted by Gasteiger charge is 2.30. The maximum absolute atomic E-state index is 12.6. The Morgan fingerprint density at radius 1 is 1.41 bits per heavy atom. The fourth-order valence-electron chi connectivity index (χ4n) is 3.49. The Bertz CT molecular complexity index is 798. The van der Waals surface area contributed by atoms with E-state index in [1.807, 2.05) is 32.9 Å². The van der Waals surface area contributed by atoms with Crippen LogP contribution in [-0.4, -0.2) is 53.4 Å². The molecule has 27 heavy (non-hydrogen) atoms. The van der Waals surface area contributed by atoms with E-state index in [0.29, 0.717) is 30.8 Å². The molecule has 1 aliphatic heterocycles. The second kappa shape index (κ2) is 8.10. The van der Waals surface area contributed by atoms with Gasteiger partial charge in [0.1, 0.15) is 11.5 Å². The molecule has 1 aromatic carbocycles. The first-order valence-electron chi connectivity index (χ1n) is 9.16. The third kappa shape index (κ3) is 4.31. The summed E-state index contributed by atoms with van der Waals surface area (Å²) in [6.45, 7) is 7.71. The largest absolute Gasteiger partial charge is 0.496 e. The molecular weight excluding hydrogens is 346 g/mol. The topological polar surface area (TPSA) is 87.8 Å². The van der Waals surface area contributed by atoms with E-state index >= 15 is 0 Å². The van der Waals surface area contributed by atoms with E-state index in [0.717, 1.165) is 29.1 Å². The number of likely N-dealkylation sites (tertiary alicyclic amines) is 1. The van der Waals surface area contributed by atoms with Crippen molar-refractivity contribution < 1.29 is 19.2 Å². The first kappa shape index (κ1) is 19.4. The molecule has 1 aliphatic rings. The number of methoxy groups -OCH3 is 1. The molecule has 146 valence electrons. The lowest BCUT2D eigenvalue weighted by Gasteiger charge is -2.36. The van der Waals surface area contributed by atoms with Crippen LogP contribution in [0.3, 0.4) is 0 Å². The lowest BCUT2D eigenvalue weighted by molar-refractivity contribution is 0.0347. The molecule has 1 amide bonds. The number of piperidine rings is 1.